The van der Waals surface area contributed by atoms with Crippen LogP contribution in [0, 0.1) is 0 Å². The molecule has 2 heterocycles. The van der Waals surface area contributed by atoms with Gasteiger partial charge in [-0.3, -0.25) is 0 Å². The fourth-order valence-corrected chi connectivity index (χ4v) is 13.9. The average Bonchev–Trinajstić information content (AvgIpc) is 4.19. The highest BCUT2D eigenvalue weighted by atomic mass is 15.0. The number of benzene rings is 15. The Labute approximate surface area is 461 Å². The van der Waals surface area contributed by atoms with Crippen LogP contribution in [0.5, 0.6) is 0 Å². The molecule has 0 amide bonds. The van der Waals surface area contributed by atoms with Gasteiger partial charge in [0.25, 0.3) is 0 Å². The minimum Gasteiger partial charge on any atom is -0.309 e. The van der Waals surface area contributed by atoms with Gasteiger partial charge in [0.15, 0.2) is 0 Å². The van der Waals surface area contributed by atoms with Crippen molar-refractivity contribution in [2.45, 2.75) is 0 Å². The summed E-state index contributed by atoms with van der Waals surface area (Å²) >= 11 is 0. The van der Waals surface area contributed by atoms with Gasteiger partial charge < -0.3 is 9.13 Å². The van der Waals surface area contributed by atoms with Crippen LogP contribution in [0.15, 0.2) is 291 Å². The molecule has 80 heavy (non-hydrogen) atoms. The minimum absolute atomic E-state index is 1.16. The lowest BCUT2D eigenvalue weighted by molar-refractivity contribution is 1.18. The largest absolute Gasteiger partial charge is 0.309 e. The maximum atomic E-state index is 2.54. The van der Waals surface area contributed by atoms with Gasteiger partial charge in [0.2, 0.25) is 0 Å². The van der Waals surface area contributed by atoms with E-state index < -0.39 is 0 Å². The lowest BCUT2D eigenvalue weighted by atomic mass is 9.83. The molecule has 0 unspecified atom stereocenters. The Balaban J connectivity index is 0.854. The summed E-state index contributed by atoms with van der Waals surface area (Å²) in [4.78, 5) is 0. The molecule has 0 atom stereocenters. The summed E-state index contributed by atoms with van der Waals surface area (Å²) in [5.74, 6) is 0. The number of rotatable bonds is 6. The van der Waals surface area contributed by atoms with Crippen LogP contribution in [0.2, 0.25) is 0 Å². The number of hydrogen-bond donors (Lipinski definition) is 0. The second kappa shape index (κ2) is 17.5. The first kappa shape index (κ1) is 44.6. The fraction of sp³-hybridized carbons (Fsp3) is 0. The van der Waals surface area contributed by atoms with E-state index >= 15 is 0 Å². The van der Waals surface area contributed by atoms with Crippen LogP contribution in [-0.4, -0.2) is 9.13 Å². The molecule has 0 radical (unpaired) electrons. The van der Waals surface area contributed by atoms with Crippen molar-refractivity contribution in [2.75, 3.05) is 0 Å². The predicted molar refractivity (Wildman–Crippen MR) is 342 cm³/mol. The zero-order valence-electron chi connectivity index (χ0n) is 43.6. The van der Waals surface area contributed by atoms with Crippen LogP contribution in [0.4, 0.5) is 0 Å². The van der Waals surface area contributed by atoms with Gasteiger partial charge in [-0.15, -0.1) is 0 Å². The van der Waals surface area contributed by atoms with E-state index in [2.05, 4.69) is 300 Å². The maximum absolute atomic E-state index is 2.54. The van der Waals surface area contributed by atoms with Crippen LogP contribution in [0.25, 0.3) is 164 Å². The van der Waals surface area contributed by atoms with Gasteiger partial charge in [0.1, 0.15) is 0 Å². The summed E-state index contributed by atoms with van der Waals surface area (Å²) in [5.41, 5.74) is 17.0. The van der Waals surface area contributed by atoms with Gasteiger partial charge in [-0.2, -0.15) is 0 Å². The van der Waals surface area contributed by atoms with Crippen molar-refractivity contribution in [1.82, 2.24) is 9.13 Å². The van der Waals surface area contributed by atoms with Crippen LogP contribution < -0.4 is 0 Å². The van der Waals surface area contributed by atoms with Crippen molar-refractivity contribution in [3.8, 4) is 55.9 Å². The van der Waals surface area contributed by atoms with Gasteiger partial charge in [0.05, 0.1) is 27.8 Å². The monoisotopic (exact) mass is 1010 g/mol. The Hall–Kier alpha value is -10.5. The molecule has 0 aliphatic rings. The van der Waals surface area contributed by atoms with E-state index in [4.69, 9.17) is 0 Å². The van der Waals surface area contributed by atoms with Crippen LogP contribution in [0.3, 0.4) is 0 Å². The second-order valence-electron chi connectivity index (χ2n) is 21.4. The van der Waals surface area contributed by atoms with Crippen molar-refractivity contribution in [3.63, 3.8) is 0 Å². The molecule has 0 aliphatic carbocycles. The lowest BCUT2D eigenvalue weighted by Gasteiger charge is -2.20. The Kier molecular flexibility index (Phi) is 9.75. The number of hydrogen-bond acceptors (Lipinski definition) is 0. The lowest BCUT2D eigenvalue weighted by Crippen LogP contribution is -1.99. The fourth-order valence-electron chi connectivity index (χ4n) is 13.9. The van der Waals surface area contributed by atoms with E-state index in [1.54, 1.807) is 0 Å². The molecule has 17 rings (SSSR count). The third kappa shape index (κ3) is 6.48. The van der Waals surface area contributed by atoms with Gasteiger partial charge in [-0.25, -0.2) is 0 Å². The zero-order valence-corrected chi connectivity index (χ0v) is 43.6. The van der Waals surface area contributed by atoms with Crippen molar-refractivity contribution in [2.24, 2.45) is 0 Å². The molecule has 2 nitrogen and oxygen atoms in total. The van der Waals surface area contributed by atoms with Crippen LogP contribution in [-0.2, 0) is 0 Å². The average molecular weight is 1010 g/mol. The molecule has 0 fully saturated rings. The second-order valence-corrected chi connectivity index (χ2v) is 21.4. The summed E-state index contributed by atoms with van der Waals surface area (Å²) in [5, 5.41) is 19.8. The molecule has 2 aromatic heterocycles. The minimum atomic E-state index is 1.16. The Morgan fingerprint density at radius 3 is 1.24 bits per heavy atom. The highest BCUT2D eigenvalue weighted by molar-refractivity contribution is 6.26. The van der Waals surface area contributed by atoms with Crippen molar-refractivity contribution < 1.29 is 0 Å². The first-order valence-corrected chi connectivity index (χ1v) is 27.8. The Morgan fingerprint density at radius 2 is 0.600 bits per heavy atom. The highest BCUT2D eigenvalue weighted by Crippen LogP contribution is 2.50. The number of fused-ring (bicyclic) bond motifs is 12. The molecule has 15 aromatic carbocycles. The third-order valence-electron chi connectivity index (χ3n) is 17.3. The maximum Gasteiger partial charge on any atom is 0.0619 e. The van der Waals surface area contributed by atoms with E-state index in [1.165, 1.54) is 158 Å². The molecule has 0 spiro atoms. The molecule has 0 aliphatic heterocycles. The van der Waals surface area contributed by atoms with E-state index in [-0.39, 0.29) is 0 Å². The molecule has 2 heteroatoms. The first-order chi connectivity index (χ1) is 39.7. The molecular formula is C78H48N2. The van der Waals surface area contributed by atoms with E-state index in [0.717, 1.165) is 5.69 Å². The normalized spacial score (nSPS) is 12.0. The predicted octanol–water partition coefficient (Wildman–Crippen LogP) is 21.5. The summed E-state index contributed by atoms with van der Waals surface area (Å²) < 4.78 is 4.96. The van der Waals surface area contributed by atoms with E-state index in [9.17, 15) is 0 Å². The summed E-state index contributed by atoms with van der Waals surface area (Å²) in [6, 6.07) is 108. The summed E-state index contributed by atoms with van der Waals surface area (Å²) in [7, 11) is 0. The van der Waals surface area contributed by atoms with E-state index in [1.807, 2.05) is 0 Å². The smallest absolute Gasteiger partial charge is 0.0619 e. The standard InChI is InChI=1S/C78H48N2/c1-2-23-52(24-3-1)79-71-39-18-16-28-57(71)59-43-41-51(48-74(59)79)75-61-30-8-10-32-63(61)77(64-33-11-9-31-62(64)75)67-45-44-54(55-26-6-7-27-56(55)67)50-42-46-73-70(47-50)58-29-17-19-40-72(58)80(73)78-68-36-14-12-34-65(68)76(66-35-13-15-37-69(66)78)60-38-20-22-49-21-4-5-25-53(49)60/h1-48H. The quantitative estimate of drug-likeness (QED) is 0.147. The SMILES string of the molecule is c1ccc(-n2c3ccccc3c3ccc(-c4c5ccccc5c(-c5ccc(-c6ccc7c(c6)c6ccccc6n7-c6c7ccccc7c(-c7cccc8ccccc78)c7ccccc67)c6ccccc56)c5ccccc45)cc32)cc1. The van der Waals surface area contributed by atoms with Crippen molar-refractivity contribution >= 4 is 108 Å². The van der Waals surface area contributed by atoms with Crippen LogP contribution in [0.1, 0.15) is 0 Å². The van der Waals surface area contributed by atoms with E-state index in [0.29, 0.717) is 0 Å². The first-order valence-electron chi connectivity index (χ1n) is 27.8. The topological polar surface area (TPSA) is 9.86 Å². The molecule has 370 valence electrons. The zero-order chi connectivity index (χ0) is 52.4. The summed E-state index contributed by atoms with van der Waals surface area (Å²) in [6.45, 7) is 0. The Bertz CT molecular complexity index is 5300. The van der Waals surface area contributed by atoms with Gasteiger partial charge >= 0.3 is 0 Å². The Morgan fingerprint density at radius 1 is 0.188 bits per heavy atom. The molecule has 0 saturated heterocycles. The van der Waals surface area contributed by atoms with Crippen LogP contribution >= 0.6 is 0 Å². The molecule has 17 aromatic rings. The van der Waals surface area contributed by atoms with Crippen molar-refractivity contribution in [1.29, 1.82) is 0 Å². The number of aromatic nitrogens is 2. The third-order valence-corrected chi connectivity index (χ3v) is 17.3. The van der Waals surface area contributed by atoms with Gasteiger partial charge in [-0.05, 0) is 141 Å². The highest BCUT2D eigenvalue weighted by Gasteiger charge is 2.24. The number of nitrogens with zero attached hydrogens (tertiary/aromatic N) is 2. The molecule has 0 saturated carbocycles. The van der Waals surface area contributed by atoms with Gasteiger partial charge in [0, 0.05) is 38.0 Å². The molecular weight excluding hydrogens is 965 g/mol. The molecule has 0 N–H and O–H groups in total. The van der Waals surface area contributed by atoms with Gasteiger partial charge in [-0.1, -0.05) is 249 Å². The molecule has 0 bridgehead atoms. The van der Waals surface area contributed by atoms with Crippen molar-refractivity contribution in [3.05, 3.63) is 291 Å². The summed E-state index contributed by atoms with van der Waals surface area (Å²) in [6.07, 6.45) is 0. The number of para-hydroxylation sites is 3.